The monoisotopic (exact) mass is 444 g/mol. The standard InChI is InChI=1S/C21H32O10/c1-19(2,3)17(23)27-10-25-14-13(12-9-29-21(7,8)31-12)30-16(22)15(14)26-11-28-18(24)20(4,5)6/h12-13H,9-11H2,1-8H3. The molecule has 0 aromatic carbocycles. The molecule has 0 amide bonds. The number of esters is 3. The maximum atomic E-state index is 12.4. The lowest BCUT2D eigenvalue weighted by Crippen LogP contribution is -2.34. The molecule has 2 atom stereocenters. The van der Waals surface area contributed by atoms with Crippen molar-refractivity contribution in [1.29, 1.82) is 0 Å². The van der Waals surface area contributed by atoms with E-state index in [1.807, 2.05) is 0 Å². The number of carbonyl (C=O) groups is 3. The highest BCUT2D eigenvalue weighted by atomic mass is 16.8. The summed E-state index contributed by atoms with van der Waals surface area (Å²) in [5.74, 6) is -2.99. The van der Waals surface area contributed by atoms with E-state index in [1.54, 1.807) is 55.4 Å². The fourth-order valence-corrected chi connectivity index (χ4v) is 2.56. The average molecular weight is 444 g/mol. The molecule has 0 aromatic rings. The molecule has 10 heteroatoms. The molecule has 2 unspecified atom stereocenters. The zero-order valence-electron chi connectivity index (χ0n) is 19.4. The second-order valence-corrected chi connectivity index (χ2v) is 9.77. The summed E-state index contributed by atoms with van der Waals surface area (Å²) in [6.45, 7) is 12.8. The summed E-state index contributed by atoms with van der Waals surface area (Å²) < 4.78 is 37.7. The molecule has 0 aromatic heterocycles. The van der Waals surface area contributed by atoms with E-state index in [1.165, 1.54) is 0 Å². The molecule has 1 saturated heterocycles. The van der Waals surface area contributed by atoms with Crippen molar-refractivity contribution in [2.45, 2.75) is 73.4 Å². The van der Waals surface area contributed by atoms with Crippen LogP contribution >= 0.6 is 0 Å². The lowest BCUT2D eigenvalue weighted by molar-refractivity contribution is -0.170. The maximum absolute atomic E-state index is 12.4. The fourth-order valence-electron chi connectivity index (χ4n) is 2.56. The first-order chi connectivity index (χ1) is 14.1. The third-order valence-corrected chi connectivity index (χ3v) is 4.29. The first-order valence-electron chi connectivity index (χ1n) is 9.99. The van der Waals surface area contributed by atoms with Gasteiger partial charge in [0, 0.05) is 0 Å². The first-order valence-corrected chi connectivity index (χ1v) is 9.99. The highest BCUT2D eigenvalue weighted by Gasteiger charge is 2.48. The van der Waals surface area contributed by atoms with Crippen LogP contribution in [0, 0.1) is 10.8 Å². The summed E-state index contributed by atoms with van der Waals surface area (Å²) in [4.78, 5) is 36.3. The Bertz CT molecular complexity index is 738. The van der Waals surface area contributed by atoms with Gasteiger partial charge in [0.05, 0.1) is 17.4 Å². The minimum Gasteiger partial charge on any atom is -0.453 e. The lowest BCUT2D eigenvalue weighted by atomic mass is 9.97. The quantitative estimate of drug-likeness (QED) is 0.329. The molecule has 10 nitrogen and oxygen atoms in total. The van der Waals surface area contributed by atoms with Gasteiger partial charge in [0.25, 0.3) is 0 Å². The zero-order valence-corrected chi connectivity index (χ0v) is 19.4. The second-order valence-electron chi connectivity index (χ2n) is 9.77. The number of rotatable bonds is 7. The molecule has 1 fully saturated rings. The van der Waals surface area contributed by atoms with Gasteiger partial charge in [-0.1, -0.05) is 0 Å². The molecular formula is C21H32O10. The summed E-state index contributed by atoms with van der Waals surface area (Å²) in [5.41, 5.74) is -1.47. The normalized spacial score (nSPS) is 23.4. The van der Waals surface area contributed by atoms with Crippen LogP contribution in [0.2, 0.25) is 0 Å². The van der Waals surface area contributed by atoms with Crippen LogP contribution in [0.4, 0.5) is 0 Å². The highest BCUT2D eigenvalue weighted by molar-refractivity contribution is 5.89. The van der Waals surface area contributed by atoms with Gasteiger partial charge in [-0.15, -0.1) is 0 Å². The van der Waals surface area contributed by atoms with Crippen LogP contribution in [0.15, 0.2) is 11.5 Å². The van der Waals surface area contributed by atoms with Gasteiger partial charge in [-0.05, 0) is 55.4 Å². The molecular weight excluding hydrogens is 412 g/mol. The van der Waals surface area contributed by atoms with Crippen LogP contribution in [0.5, 0.6) is 0 Å². The molecule has 31 heavy (non-hydrogen) atoms. The molecule has 0 bridgehead atoms. The van der Waals surface area contributed by atoms with Crippen molar-refractivity contribution < 1.29 is 47.5 Å². The van der Waals surface area contributed by atoms with Crippen molar-refractivity contribution in [1.82, 2.24) is 0 Å². The van der Waals surface area contributed by atoms with Crippen LogP contribution in [0.1, 0.15) is 55.4 Å². The predicted octanol–water partition coefficient (Wildman–Crippen LogP) is 2.40. The predicted molar refractivity (Wildman–Crippen MR) is 105 cm³/mol. The smallest absolute Gasteiger partial charge is 0.378 e. The number of hydrogen-bond donors (Lipinski definition) is 0. The van der Waals surface area contributed by atoms with Crippen LogP contribution in [-0.2, 0) is 47.5 Å². The van der Waals surface area contributed by atoms with Crippen LogP contribution < -0.4 is 0 Å². The zero-order chi connectivity index (χ0) is 23.6. The van der Waals surface area contributed by atoms with E-state index in [9.17, 15) is 14.4 Å². The summed E-state index contributed by atoms with van der Waals surface area (Å²) in [6.07, 6.45) is -1.64. The molecule has 0 aliphatic carbocycles. The fraction of sp³-hybridized carbons (Fsp3) is 0.762. The van der Waals surface area contributed by atoms with Crippen molar-refractivity contribution in [2.24, 2.45) is 10.8 Å². The van der Waals surface area contributed by atoms with Gasteiger partial charge in [-0.25, -0.2) is 4.79 Å². The van der Waals surface area contributed by atoms with E-state index in [0.29, 0.717) is 0 Å². The Labute approximate surface area is 182 Å². The molecule has 2 aliphatic heterocycles. The Hall–Kier alpha value is -2.33. The third-order valence-electron chi connectivity index (χ3n) is 4.29. The Morgan fingerprint density at radius 3 is 1.94 bits per heavy atom. The van der Waals surface area contributed by atoms with E-state index in [0.717, 1.165) is 0 Å². The van der Waals surface area contributed by atoms with E-state index >= 15 is 0 Å². The minimum absolute atomic E-state index is 0.0233. The van der Waals surface area contributed by atoms with E-state index < -0.39 is 60.3 Å². The van der Waals surface area contributed by atoms with Crippen molar-refractivity contribution in [2.75, 3.05) is 20.2 Å². The van der Waals surface area contributed by atoms with Gasteiger partial charge in [0.15, 0.2) is 17.7 Å². The molecule has 2 aliphatic rings. The Morgan fingerprint density at radius 2 is 1.48 bits per heavy atom. The molecule has 0 radical (unpaired) electrons. The molecule has 2 heterocycles. The van der Waals surface area contributed by atoms with E-state index in [4.69, 9.17) is 33.2 Å². The largest absolute Gasteiger partial charge is 0.453 e. The third kappa shape index (κ3) is 6.57. The van der Waals surface area contributed by atoms with Gasteiger partial charge in [0.1, 0.15) is 6.10 Å². The molecule has 0 N–H and O–H groups in total. The topological polar surface area (TPSA) is 116 Å². The number of cyclic esters (lactones) is 1. The maximum Gasteiger partial charge on any atom is 0.378 e. The van der Waals surface area contributed by atoms with Gasteiger partial charge in [-0.2, -0.15) is 0 Å². The average Bonchev–Trinajstić information content (AvgIpc) is 3.13. The van der Waals surface area contributed by atoms with Gasteiger partial charge >= 0.3 is 17.9 Å². The minimum atomic E-state index is -0.976. The van der Waals surface area contributed by atoms with Crippen molar-refractivity contribution in [3.05, 3.63) is 11.5 Å². The van der Waals surface area contributed by atoms with Gasteiger partial charge in [0.2, 0.25) is 19.3 Å². The Balaban J connectivity index is 2.14. The SMILES string of the molecule is CC1(C)OCC(C2OC(=O)C(OCOC(=O)C(C)(C)C)=C2OCOC(=O)C(C)(C)C)O1. The number of ether oxygens (including phenoxy) is 7. The molecule has 0 saturated carbocycles. The summed E-state index contributed by atoms with van der Waals surface area (Å²) in [5, 5.41) is 0. The lowest BCUT2D eigenvalue weighted by Gasteiger charge is -2.22. The first kappa shape index (κ1) is 24.9. The Morgan fingerprint density at radius 1 is 0.968 bits per heavy atom. The molecule has 0 spiro atoms. The van der Waals surface area contributed by atoms with Crippen LogP contribution in [0.3, 0.4) is 0 Å². The van der Waals surface area contributed by atoms with Crippen LogP contribution in [0.25, 0.3) is 0 Å². The van der Waals surface area contributed by atoms with Crippen LogP contribution in [-0.4, -0.2) is 56.1 Å². The van der Waals surface area contributed by atoms with Gasteiger partial charge in [-0.3, -0.25) is 9.59 Å². The van der Waals surface area contributed by atoms with Gasteiger partial charge < -0.3 is 33.2 Å². The van der Waals surface area contributed by atoms with E-state index in [2.05, 4.69) is 0 Å². The number of hydrogen-bond acceptors (Lipinski definition) is 10. The summed E-state index contributed by atoms with van der Waals surface area (Å²) in [6, 6.07) is 0. The van der Waals surface area contributed by atoms with Crippen molar-refractivity contribution in [3.63, 3.8) is 0 Å². The second kappa shape index (κ2) is 9.04. The molecule has 2 rings (SSSR count). The Kier molecular flexibility index (Phi) is 7.27. The number of carbonyl (C=O) groups excluding carboxylic acids is 3. The molecule has 176 valence electrons. The van der Waals surface area contributed by atoms with Crippen molar-refractivity contribution >= 4 is 17.9 Å². The van der Waals surface area contributed by atoms with E-state index in [-0.39, 0.29) is 18.1 Å². The van der Waals surface area contributed by atoms with Crippen molar-refractivity contribution in [3.8, 4) is 0 Å². The summed E-state index contributed by atoms with van der Waals surface area (Å²) >= 11 is 0. The summed E-state index contributed by atoms with van der Waals surface area (Å²) in [7, 11) is 0. The highest BCUT2D eigenvalue weighted by Crippen LogP contribution is 2.34.